The molecule has 9 nitrogen and oxygen atoms in total. The number of nitrogens with two attached hydrogens (primary N) is 1. The van der Waals surface area contributed by atoms with Crippen molar-refractivity contribution >= 4 is 34.4 Å². The fraction of sp³-hybridized carbons (Fsp3) is 0.281. The average molecular weight is 553 g/mol. The number of amides is 4. The molecule has 1 aliphatic heterocycles. The third-order valence-corrected chi connectivity index (χ3v) is 7.53. The molecule has 1 aromatic heterocycles. The van der Waals surface area contributed by atoms with Gasteiger partial charge in [-0.15, -0.1) is 0 Å². The van der Waals surface area contributed by atoms with Gasteiger partial charge in [0, 0.05) is 49.2 Å². The van der Waals surface area contributed by atoms with Gasteiger partial charge in [-0.1, -0.05) is 54.6 Å². The number of carbonyl (C=O) groups is 3. The van der Waals surface area contributed by atoms with Gasteiger partial charge in [0.05, 0.1) is 11.2 Å². The van der Waals surface area contributed by atoms with Crippen LogP contribution in [0, 0.1) is 0 Å². The summed E-state index contributed by atoms with van der Waals surface area (Å²) < 4.78 is 0. The van der Waals surface area contributed by atoms with E-state index >= 15 is 0 Å². The molecule has 0 unspecified atom stereocenters. The quantitative estimate of drug-likeness (QED) is 0.238. The third-order valence-electron chi connectivity index (χ3n) is 7.53. The van der Waals surface area contributed by atoms with Crippen molar-refractivity contribution in [2.45, 2.75) is 44.8 Å². The number of para-hydroxylation sites is 2. The van der Waals surface area contributed by atoms with Crippen LogP contribution in [0.1, 0.15) is 30.5 Å². The summed E-state index contributed by atoms with van der Waals surface area (Å²) in [5, 5.41) is 9.42. The van der Waals surface area contributed by atoms with Crippen LogP contribution in [-0.4, -0.2) is 52.9 Å². The Morgan fingerprint density at radius 1 is 1.02 bits per heavy atom. The Kier molecular flexibility index (Phi) is 7.81. The largest absolute Gasteiger partial charge is 0.361 e. The first-order valence-electron chi connectivity index (χ1n) is 13.8. The van der Waals surface area contributed by atoms with Gasteiger partial charge in [-0.2, -0.15) is 0 Å². The van der Waals surface area contributed by atoms with Crippen LogP contribution in [-0.2, 0) is 29.0 Å². The van der Waals surface area contributed by atoms with E-state index < -0.39 is 11.6 Å². The maximum atomic E-state index is 13.9. The Bertz CT molecular complexity index is 1600. The molecule has 1 atom stereocenters. The van der Waals surface area contributed by atoms with Gasteiger partial charge in [-0.25, -0.2) is 4.79 Å². The minimum atomic E-state index is -1.12. The molecule has 2 heterocycles. The molecule has 3 aromatic carbocycles. The fourth-order valence-electron chi connectivity index (χ4n) is 5.22. The molecular formula is C32H36N6O3. The summed E-state index contributed by atoms with van der Waals surface area (Å²) in [6.07, 6.45) is 2.92. The van der Waals surface area contributed by atoms with Gasteiger partial charge < -0.3 is 31.6 Å². The molecule has 0 radical (unpaired) electrons. The first-order chi connectivity index (χ1) is 19.6. The molecule has 5 rings (SSSR count). The third kappa shape index (κ3) is 6.10. The van der Waals surface area contributed by atoms with Crippen LogP contribution in [0.25, 0.3) is 22.0 Å². The molecule has 4 amide bonds. The monoisotopic (exact) mass is 552 g/mol. The van der Waals surface area contributed by atoms with Crippen molar-refractivity contribution in [3.05, 3.63) is 89.6 Å². The number of aromatic amines is 1. The number of fused-ring (bicyclic) bond motifs is 2. The molecule has 212 valence electrons. The predicted octanol–water partition coefficient (Wildman–Crippen LogP) is 3.94. The highest BCUT2D eigenvalue weighted by Gasteiger charge is 2.32. The number of hydrogen-bond acceptors (Lipinski definition) is 4. The summed E-state index contributed by atoms with van der Waals surface area (Å²) in [7, 11) is 1.58. The van der Waals surface area contributed by atoms with Crippen LogP contribution in [0.5, 0.6) is 0 Å². The second kappa shape index (κ2) is 11.5. The van der Waals surface area contributed by atoms with Crippen molar-refractivity contribution in [2.75, 3.05) is 18.9 Å². The zero-order valence-corrected chi connectivity index (χ0v) is 23.6. The average Bonchev–Trinajstić information content (AvgIpc) is 3.38. The lowest BCUT2D eigenvalue weighted by Crippen LogP contribution is -2.57. The first kappa shape index (κ1) is 27.9. The lowest BCUT2D eigenvalue weighted by molar-refractivity contribution is -0.138. The van der Waals surface area contributed by atoms with E-state index in [2.05, 4.69) is 27.0 Å². The number of anilines is 1. The number of benzene rings is 3. The van der Waals surface area contributed by atoms with Crippen LogP contribution in [0.2, 0.25) is 0 Å². The zero-order chi connectivity index (χ0) is 29.1. The van der Waals surface area contributed by atoms with Crippen molar-refractivity contribution in [2.24, 2.45) is 5.73 Å². The molecule has 4 aromatic rings. The van der Waals surface area contributed by atoms with Crippen LogP contribution in [0.15, 0.2) is 72.9 Å². The van der Waals surface area contributed by atoms with Crippen LogP contribution in [0.4, 0.5) is 10.5 Å². The van der Waals surface area contributed by atoms with E-state index in [0.29, 0.717) is 25.9 Å². The van der Waals surface area contributed by atoms with E-state index in [1.807, 2.05) is 71.8 Å². The van der Waals surface area contributed by atoms with Crippen molar-refractivity contribution in [1.29, 1.82) is 0 Å². The molecule has 0 bridgehead atoms. The summed E-state index contributed by atoms with van der Waals surface area (Å²) in [6, 6.07) is 20.7. The summed E-state index contributed by atoms with van der Waals surface area (Å²) in [6.45, 7) is 4.23. The van der Waals surface area contributed by atoms with E-state index in [1.54, 1.807) is 20.9 Å². The van der Waals surface area contributed by atoms with Gasteiger partial charge in [0.25, 0.3) is 0 Å². The second-order valence-electron chi connectivity index (χ2n) is 11.1. The normalized spacial score (nSPS) is 13.8. The van der Waals surface area contributed by atoms with E-state index in [-0.39, 0.29) is 17.8 Å². The molecule has 0 saturated carbocycles. The van der Waals surface area contributed by atoms with Crippen molar-refractivity contribution in [3.8, 4) is 11.1 Å². The maximum Gasteiger partial charge on any atom is 0.318 e. The lowest BCUT2D eigenvalue weighted by atomic mass is 9.93. The number of nitrogens with zero attached hydrogens (tertiary/aromatic N) is 1. The van der Waals surface area contributed by atoms with Crippen molar-refractivity contribution in [3.63, 3.8) is 0 Å². The first-order valence-corrected chi connectivity index (χ1v) is 13.8. The van der Waals surface area contributed by atoms with Crippen LogP contribution < -0.4 is 21.7 Å². The number of carbonyl (C=O) groups excluding carboxylic acids is 3. The molecule has 0 spiro atoms. The molecule has 41 heavy (non-hydrogen) atoms. The molecule has 6 N–H and O–H groups in total. The van der Waals surface area contributed by atoms with Crippen LogP contribution >= 0.6 is 0 Å². The molecule has 1 aliphatic rings. The summed E-state index contributed by atoms with van der Waals surface area (Å²) in [4.78, 5) is 43.8. The fourth-order valence-corrected chi connectivity index (χ4v) is 5.22. The van der Waals surface area contributed by atoms with E-state index in [9.17, 15) is 14.4 Å². The predicted molar refractivity (Wildman–Crippen MR) is 161 cm³/mol. The summed E-state index contributed by atoms with van der Waals surface area (Å²) in [5.74, 6) is -0.510. The van der Waals surface area contributed by atoms with Crippen molar-refractivity contribution in [1.82, 2.24) is 20.5 Å². The van der Waals surface area contributed by atoms with Gasteiger partial charge in [0.2, 0.25) is 11.8 Å². The summed E-state index contributed by atoms with van der Waals surface area (Å²) in [5.41, 5.74) is 11.7. The Balaban J connectivity index is 1.37. The number of urea groups is 1. The topological polar surface area (TPSA) is 132 Å². The highest BCUT2D eigenvalue weighted by molar-refractivity contribution is 5.95. The van der Waals surface area contributed by atoms with Gasteiger partial charge in [0.1, 0.15) is 6.04 Å². The Morgan fingerprint density at radius 3 is 2.56 bits per heavy atom. The van der Waals surface area contributed by atoms with Crippen molar-refractivity contribution < 1.29 is 14.4 Å². The smallest absolute Gasteiger partial charge is 0.318 e. The Labute approximate surface area is 239 Å². The second-order valence-corrected chi connectivity index (χ2v) is 11.1. The van der Waals surface area contributed by atoms with Gasteiger partial charge in [-0.3, -0.25) is 9.59 Å². The van der Waals surface area contributed by atoms with E-state index in [1.165, 1.54) is 0 Å². The highest BCUT2D eigenvalue weighted by Crippen LogP contribution is 2.31. The molecule has 0 aliphatic carbocycles. The number of H-pyrrole nitrogens is 1. The Hall–Kier alpha value is -4.63. The zero-order valence-electron chi connectivity index (χ0n) is 23.6. The number of hydrogen-bond donors (Lipinski definition) is 5. The number of nitrogens with one attached hydrogen (secondary N) is 4. The number of rotatable bonds is 7. The van der Waals surface area contributed by atoms with Crippen LogP contribution in [0.3, 0.4) is 0 Å². The van der Waals surface area contributed by atoms with E-state index in [0.717, 1.165) is 44.4 Å². The maximum absolute atomic E-state index is 13.9. The Morgan fingerprint density at radius 2 is 1.78 bits per heavy atom. The highest BCUT2D eigenvalue weighted by atomic mass is 16.2. The minimum absolute atomic E-state index is 0.136. The SMILES string of the molecule is CNC(=O)Nc1ccccc1-c1ccc2c(c1)CCN(C(=O)[C@@H](Cc1c[nH]c3ccccc13)NC(=O)C(C)(C)N)C2. The van der Waals surface area contributed by atoms with Gasteiger partial charge >= 0.3 is 6.03 Å². The van der Waals surface area contributed by atoms with Gasteiger partial charge in [-0.05, 0) is 54.7 Å². The van der Waals surface area contributed by atoms with E-state index in [4.69, 9.17) is 5.73 Å². The minimum Gasteiger partial charge on any atom is -0.361 e. The van der Waals surface area contributed by atoms with Gasteiger partial charge in [0.15, 0.2) is 0 Å². The lowest BCUT2D eigenvalue weighted by Gasteiger charge is -2.33. The molecule has 0 fully saturated rings. The summed E-state index contributed by atoms with van der Waals surface area (Å²) >= 11 is 0. The molecule has 0 saturated heterocycles. The molecular weight excluding hydrogens is 516 g/mol. The molecule has 9 heteroatoms. The standard InChI is InChI=1S/C32H36N6O3/c1-32(2,33)30(40)36-28(17-23-18-35-26-10-6-4-9-25(23)26)29(39)38-15-14-20-16-21(12-13-22(20)19-38)24-8-5-7-11-27(24)37-31(41)34-3/h4-13,16,18,28,35H,14-15,17,19,33H2,1-3H3,(H,36,40)(H2,34,37,41)/t28-/m1/s1. The number of aromatic nitrogens is 1.